The number of aliphatic imine (C=N–C) groups is 1. The van der Waals surface area contributed by atoms with Gasteiger partial charge in [0.2, 0.25) is 5.91 Å². The first-order valence-electron chi connectivity index (χ1n) is 15.1. The fraction of sp³-hybridized carbons (Fsp3) is 0.382. The molecule has 3 aromatic rings. The van der Waals surface area contributed by atoms with Crippen LogP contribution >= 0.6 is 11.6 Å². The minimum Gasteiger partial charge on any atom is -0.349 e. The van der Waals surface area contributed by atoms with E-state index in [0.29, 0.717) is 58.3 Å². The molecule has 44 heavy (non-hydrogen) atoms. The summed E-state index contributed by atoms with van der Waals surface area (Å²) in [4.78, 5) is 38.5. The predicted molar refractivity (Wildman–Crippen MR) is 173 cm³/mol. The Hall–Kier alpha value is -4.11. The fourth-order valence-electron chi connectivity index (χ4n) is 6.13. The van der Waals surface area contributed by atoms with Gasteiger partial charge in [0.15, 0.2) is 5.82 Å². The van der Waals surface area contributed by atoms with E-state index >= 15 is 4.39 Å². The van der Waals surface area contributed by atoms with Crippen LogP contribution in [0.1, 0.15) is 75.1 Å². The largest absolute Gasteiger partial charge is 0.349 e. The second-order valence-electron chi connectivity index (χ2n) is 12.2. The van der Waals surface area contributed by atoms with E-state index in [2.05, 4.69) is 38.8 Å². The lowest BCUT2D eigenvalue weighted by Gasteiger charge is -2.46. The molecule has 0 radical (unpaired) electrons. The van der Waals surface area contributed by atoms with Crippen LogP contribution in [0.5, 0.6) is 0 Å². The van der Waals surface area contributed by atoms with Gasteiger partial charge in [-0.2, -0.15) is 0 Å². The first-order chi connectivity index (χ1) is 21.0. The fourth-order valence-corrected chi connectivity index (χ4v) is 6.38. The van der Waals surface area contributed by atoms with Gasteiger partial charge in [-0.3, -0.25) is 9.69 Å². The molecular weight excluding hydrogens is 577 g/mol. The summed E-state index contributed by atoms with van der Waals surface area (Å²) >= 11 is 6.89. The number of rotatable bonds is 5. The van der Waals surface area contributed by atoms with E-state index < -0.39 is 5.82 Å². The van der Waals surface area contributed by atoms with Gasteiger partial charge >= 0.3 is 0 Å². The summed E-state index contributed by atoms with van der Waals surface area (Å²) in [6.45, 7) is 19.4. The topological polar surface area (TPSA) is 77.8 Å². The van der Waals surface area contributed by atoms with Gasteiger partial charge in [-0.15, -0.1) is 0 Å². The SMILES string of the molecule is C=CC(=O)N1CC(C)N(C2=NC(=C)N(c3c(C)nc(C4CC4)nc3C(C)C)c3nc(-c4ccccc4F)c(Cl)cc32)CC1C. The molecule has 2 atom stereocenters. The smallest absolute Gasteiger partial charge is 0.246 e. The number of piperazine rings is 1. The maximum absolute atomic E-state index is 15.1. The van der Waals surface area contributed by atoms with Crippen LogP contribution in [0.2, 0.25) is 5.02 Å². The highest BCUT2D eigenvalue weighted by Crippen LogP contribution is 2.45. The summed E-state index contributed by atoms with van der Waals surface area (Å²) in [5.41, 5.74) is 3.77. The number of halogens is 2. The minimum absolute atomic E-state index is 0.0693. The van der Waals surface area contributed by atoms with Crippen LogP contribution in [0.25, 0.3) is 11.3 Å². The maximum atomic E-state index is 15.1. The Morgan fingerprint density at radius 3 is 2.48 bits per heavy atom. The summed E-state index contributed by atoms with van der Waals surface area (Å²) in [6.07, 6.45) is 3.54. The van der Waals surface area contributed by atoms with Crippen molar-refractivity contribution in [2.24, 2.45) is 4.99 Å². The number of carbonyl (C=O) groups excluding carboxylic acids is 1. The lowest BCUT2D eigenvalue weighted by molar-refractivity contribution is -0.130. The molecule has 6 rings (SSSR count). The molecule has 10 heteroatoms. The Kier molecular flexibility index (Phi) is 7.78. The van der Waals surface area contributed by atoms with Crippen molar-refractivity contribution in [2.45, 2.75) is 71.4 Å². The molecule has 2 aliphatic heterocycles. The van der Waals surface area contributed by atoms with Crippen LogP contribution in [-0.2, 0) is 4.79 Å². The van der Waals surface area contributed by atoms with E-state index in [9.17, 15) is 4.79 Å². The van der Waals surface area contributed by atoms with Crippen LogP contribution in [0, 0.1) is 12.7 Å². The number of nitrogens with zero attached hydrogens (tertiary/aromatic N) is 7. The van der Waals surface area contributed by atoms with Gasteiger partial charge in [-0.1, -0.05) is 50.7 Å². The van der Waals surface area contributed by atoms with E-state index in [1.54, 1.807) is 18.2 Å². The number of aryl methyl sites for hydroxylation is 1. The first-order valence-corrected chi connectivity index (χ1v) is 15.5. The maximum Gasteiger partial charge on any atom is 0.246 e. The van der Waals surface area contributed by atoms with Crippen molar-refractivity contribution in [1.29, 1.82) is 0 Å². The molecule has 0 spiro atoms. The second kappa shape index (κ2) is 11.4. The van der Waals surface area contributed by atoms with Crippen LogP contribution in [-0.4, -0.2) is 61.7 Å². The molecule has 1 saturated heterocycles. The van der Waals surface area contributed by atoms with E-state index in [4.69, 9.17) is 31.5 Å². The third-order valence-corrected chi connectivity index (χ3v) is 8.85. The van der Waals surface area contributed by atoms with Gasteiger partial charge in [0.05, 0.1) is 33.4 Å². The number of hydrogen-bond acceptors (Lipinski definition) is 7. The number of carbonyl (C=O) groups is 1. The highest BCUT2D eigenvalue weighted by molar-refractivity contribution is 6.33. The number of amidine groups is 1. The molecule has 2 unspecified atom stereocenters. The van der Waals surface area contributed by atoms with Crippen molar-refractivity contribution in [2.75, 3.05) is 18.0 Å². The van der Waals surface area contributed by atoms with Crippen molar-refractivity contribution < 1.29 is 9.18 Å². The van der Waals surface area contributed by atoms with Crippen molar-refractivity contribution in [1.82, 2.24) is 24.8 Å². The number of amides is 1. The Balaban J connectivity index is 1.55. The van der Waals surface area contributed by atoms with E-state index in [1.807, 2.05) is 29.7 Å². The van der Waals surface area contributed by atoms with Crippen molar-refractivity contribution >= 4 is 34.8 Å². The Bertz CT molecular complexity index is 1720. The molecule has 228 valence electrons. The number of hydrogen-bond donors (Lipinski definition) is 0. The zero-order chi connectivity index (χ0) is 31.4. The molecule has 8 nitrogen and oxygen atoms in total. The molecular formula is C34H37ClFN7O. The predicted octanol–water partition coefficient (Wildman–Crippen LogP) is 7.12. The first kappa shape index (κ1) is 29.9. The molecule has 3 aliphatic rings. The van der Waals surface area contributed by atoms with Gasteiger partial charge in [-0.25, -0.2) is 24.3 Å². The number of fused-ring (bicyclic) bond motifs is 1. The van der Waals surface area contributed by atoms with Crippen molar-refractivity contribution in [3.63, 3.8) is 0 Å². The molecule has 1 aromatic carbocycles. The molecule has 1 saturated carbocycles. The summed E-state index contributed by atoms with van der Waals surface area (Å²) in [7, 11) is 0. The van der Waals surface area contributed by atoms with Gasteiger partial charge in [0, 0.05) is 36.7 Å². The summed E-state index contributed by atoms with van der Waals surface area (Å²) in [5.74, 6) is 2.45. The van der Waals surface area contributed by atoms with E-state index in [0.717, 1.165) is 35.7 Å². The standard InChI is InChI=1S/C34H37ClFN7O/c1-8-28(44)41-16-20(5)42(17-19(41)4)33-25-15-26(35)30(24-11-9-10-12-27(24)36)40-34(25)43(22(7)38-33)31-21(6)37-32(23-13-14-23)39-29(31)18(2)3/h8-12,15,18-20,23H,1,7,13-14,16-17H2,2-6H3. The van der Waals surface area contributed by atoms with E-state index in [-0.39, 0.29) is 23.9 Å². The zero-order valence-electron chi connectivity index (χ0n) is 25.8. The van der Waals surface area contributed by atoms with Crippen LogP contribution in [0.15, 0.2) is 60.4 Å². The molecule has 2 fully saturated rings. The zero-order valence-corrected chi connectivity index (χ0v) is 26.6. The van der Waals surface area contributed by atoms with Crippen LogP contribution < -0.4 is 4.90 Å². The van der Waals surface area contributed by atoms with Crippen molar-refractivity contribution in [3.05, 3.63) is 89.0 Å². The number of anilines is 2. The average molecular weight is 614 g/mol. The van der Waals surface area contributed by atoms with Gasteiger partial charge in [0.25, 0.3) is 0 Å². The Labute approximate surface area is 263 Å². The normalized spacial score (nSPS) is 20.1. The molecule has 2 aromatic heterocycles. The third-order valence-electron chi connectivity index (χ3n) is 8.56. The molecule has 1 amide bonds. The molecule has 4 heterocycles. The Morgan fingerprint density at radius 2 is 1.82 bits per heavy atom. The average Bonchev–Trinajstić information content (AvgIpc) is 3.84. The monoisotopic (exact) mass is 613 g/mol. The van der Waals surface area contributed by atoms with Gasteiger partial charge in [-0.05, 0) is 63.8 Å². The van der Waals surface area contributed by atoms with E-state index in [1.165, 1.54) is 12.1 Å². The second-order valence-corrected chi connectivity index (χ2v) is 12.6. The summed E-state index contributed by atoms with van der Waals surface area (Å²) in [6, 6.07) is 8.12. The quantitative estimate of drug-likeness (QED) is 0.285. The number of benzene rings is 1. The number of pyridine rings is 1. The van der Waals surface area contributed by atoms with Crippen molar-refractivity contribution in [3.8, 4) is 11.3 Å². The summed E-state index contributed by atoms with van der Waals surface area (Å²) in [5, 5.41) is 0.302. The summed E-state index contributed by atoms with van der Waals surface area (Å²) < 4.78 is 15.1. The molecule has 0 N–H and O–H groups in total. The highest BCUT2D eigenvalue weighted by atomic mass is 35.5. The lowest BCUT2D eigenvalue weighted by Crippen LogP contribution is -2.59. The number of aromatic nitrogens is 3. The van der Waals surface area contributed by atoms with Gasteiger partial charge in [0.1, 0.15) is 23.3 Å². The van der Waals surface area contributed by atoms with Crippen LogP contribution in [0.3, 0.4) is 0 Å². The third kappa shape index (κ3) is 5.17. The molecule has 1 aliphatic carbocycles. The molecule has 0 bridgehead atoms. The lowest BCUT2D eigenvalue weighted by atomic mass is 10.0. The van der Waals surface area contributed by atoms with Gasteiger partial charge < -0.3 is 9.80 Å². The van der Waals surface area contributed by atoms with Crippen LogP contribution in [0.4, 0.5) is 15.9 Å². The highest BCUT2D eigenvalue weighted by Gasteiger charge is 2.39. The Morgan fingerprint density at radius 1 is 1.09 bits per heavy atom. The minimum atomic E-state index is -0.418.